The van der Waals surface area contributed by atoms with Gasteiger partial charge in [0.1, 0.15) is 5.75 Å². The number of aliphatic carboxylic acids is 1. The highest BCUT2D eigenvalue weighted by atomic mass is 17.1. The lowest BCUT2D eigenvalue weighted by molar-refractivity contribution is -0.871. The van der Waals surface area contributed by atoms with Crippen LogP contribution in [0.15, 0.2) is 36.4 Å². The normalized spacial score (nSPS) is 13.4. The molecule has 0 aliphatic rings. The molecule has 0 spiro atoms. The van der Waals surface area contributed by atoms with Crippen LogP contribution >= 0.6 is 0 Å². The Hall–Kier alpha value is -3.63. The molecule has 1 N–H and O–H groups in total. The Morgan fingerprint density at radius 1 is 1.04 bits per heavy atom. The molecule has 0 saturated heterocycles. The zero-order valence-electron chi connectivity index (χ0n) is 15.3. The van der Waals surface area contributed by atoms with Crippen molar-refractivity contribution in [2.75, 3.05) is 7.11 Å². The van der Waals surface area contributed by atoms with Crippen molar-refractivity contribution in [2.45, 2.75) is 31.5 Å². The number of carboxylic acid groups (broad SMARTS) is 1. The van der Waals surface area contributed by atoms with E-state index in [-0.39, 0.29) is 5.56 Å². The van der Waals surface area contributed by atoms with Gasteiger partial charge in [-0.15, -0.1) is 20.2 Å². The molecule has 2 aromatic carbocycles. The SMILES string of the molecule is COc1ccc2cc([C@](C)(CC(C)(O[N+](=O)[O-])O[N+](=O)[O-])C(=O)O)ccc2c1. The standard InChI is InChI=1S/C17H18N2O9/c1-16(15(20)21,10-17(2,27-18(22)23)28-19(24)25)13-6-4-12-9-14(26-3)7-5-11(12)8-13/h4-9H,10H2,1-3H3,(H,20,21)/t16-/m0/s1. The van der Waals surface area contributed by atoms with Crippen molar-refractivity contribution < 1.29 is 34.5 Å². The van der Waals surface area contributed by atoms with Crippen LogP contribution in [0, 0.1) is 20.2 Å². The highest BCUT2D eigenvalue weighted by Crippen LogP contribution is 2.37. The molecule has 0 heterocycles. The minimum absolute atomic E-state index is 0.266. The van der Waals surface area contributed by atoms with Crippen LogP contribution in [0.25, 0.3) is 10.8 Å². The molecule has 0 fully saturated rings. The van der Waals surface area contributed by atoms with E-state index >= 15 is 0 Å². The summed E-state index contributed by atoms with van der Waals surface area (Å²) in [6.07, 6.45) is -0.695. The molecule has 11 heteroatoms. The molecule has 0 aromatic heterocycles. The molecule has 0 bridgehead atoms. The van der Waals surface area contributed by atoms with Gasteiger partial charge in [-0.25, -0.2) is 0 Å². The first kappa shape index (κ1) is 20.7. The molecule has 0 aliphatic heterocycles. The summed E-state index contributed by atoms with van der Waals surface area (Å²) in [5.74, 6) is -3.16. The summed E-state index contributed by atoms with van der Waals surface area (Å²) in [4.78, 5) is 42.2. The molecule has 0 aliphatic carbocycles. The first-order chi connectivity index (χ1) is 13.0. The topological polar surface area (TPSA) is 151 Å². The molecular weight excluding hydrogens is 376 g/mol. The van der Waals surface area contributed by atoms with Crippen LogP contribution in [0.4, 0.5) is 0 Å². The van der Waals surface area contributed by atoms with Gasteiger partial charge in [0.15, 0.2) is 0 Å². The molecule has 2 rings (SSSR count). The van der Waals surface area contributed by atoms with E-state index in [1.54, 1.807) is 30.3 Å². The average Bonchev–Trinajstić information content (AvgIpc) is 2.58. The lowest BCUT2D eigenvalue weighted by Gasteiger charge is -2.33. The number of carbonyl (C=O) groups is 1. The maximum absolute atomic E-state index is 12.0. The van der Waals surface area contributed by atoms with Gasteiger partial charge in [-0.2, -0.15) is 0 Å². The fraction of sp³-hybridized carbons (Fsp3) is 0.353. The number of nitrogens with zero attached hydrogens (tertiary/aromatic N) is 2. The number of hydrogen-bond acceptors (Lipinski definition) is 8. The number of benzene rings is 2. The van der Waals surface area contributed by atoms with Gasteiger partial charge in [0.05, 0.1) is 12.5 Å². The van der Waals surface area contributed by atoms with Crippen LogP contribution in [0.3, 0.4) is 0 Å². The second kappa shape index (κ2) is 7.55. The van der Waals surface area contributed by atoms with Crippen LogP contribution in [0.2, 0.25) is 0 Å². The largest absolute Gasteiger partial charge is 0.497 e. The number of carboxylic acids is 1. The third kappa shape index (κ3) is 4.37. The fourth-order valence-electron chi connectivity index (χ4n) is 3.03. The maximum Gasteiger partial charge on any atom is 0.314 e. The summed E-state index contributed by atoms with van der Waals surface area (Å²) in [6, 6.07) is 9.94. The zero-order valence-corrected chi connectivity index (χ0v) is 15.3. The second-order valence-electron chi connectivity index (χ2n) is 6.51. The molecule has 11 nitrogen and oxygen atoms in total. The smallest absolute Gasteiger partial charge is 0.314 e. The molecule has 2 aromatic rings. The third-order valence-corrected chi connectivity index (χ3v) is 4.37. The Balaban J connectivity index is 2.51. The van der Waals surface area contributed by atoms with E-state index < -0.39 is 33.8 Å². The van der Waals surface area contributed by atoms with Gasteiger partial charge in [0, 0.05) is 6.42 Å². The molecule has 150 valence electrons. The van der Waals surface area contributed by atoms with Gasteiger partial charge < -0.3 is 9.84 Å². The predicted octanol–water partition coefficient (Wildman–Crippen LogP) is 2.71. The van der Waals surface area contributed by atoms with Gasteiger partial charge in [-0.1, -0.05) is 24.3 Å². The number of hydrogen-bond donors (Lipinski definition) is 1. The van der Waals surface area contributed by atoms with E-state index in [9.17, 15) is 30.1 Å². The summed E-state index contributed by atoms with van der Waals surface area (Å²) in [6.45, 7) is 2.22. The molecule has 0 radical (unpaired) electrons. The van der Waals surface area contributed by atoms with Crippen LogP contribution in [-0.4, -0.2) is 34.1 Å². The molecule has 28 heavy (non-hydrogen) atoms. The first-order valence-corrected chi connectivity index (χ1v) is 7.98. The molecule has 0 unspecified atom stereocenters. The summed E-state index contributed by atoms with van der Waals surface area (Å²) >= 11 is 0. The molecule has 1 atom stereocenters. The summed E-state index contributed by atoms with van der Waals surface area (Å²) < 4.78 is 5.14. The van der Waals surface area contributed by atoms with Gasteiger partial charge in [-0.3, -0.25) is 14.5 Å². The minimum Gasteiger partial charge on any atom is -0.497 e. The Bertz CT molecular complexity index is 914. The van der Waals surface area contributed by atoms with Gasteiger partial charge >= 0.3 is 5.97 Å². The molecular formula is C17H18N2O9. The number of rotatable bonds is 9. The Morgan fingerprint density at radius 2 is 1.57 bits per heavy atom. The summed E-state index contributed by atoms with van der Waals surface area (Å²) in [5.41, 5.74) is -1.52. The van der Waals surface area contributed by atoms with Gasteiger partial charge in [0.2, 0.25) is 0 Å². The Kier molecular flexibility index (Phi) is 5.57. The highest BCUT2D eigenvalue weighted by molar-refractivity contribution is 5.88. The van der Waals surface area contributed by atoms with Crippen molar-refractivity contribution in [1.29, 1.82) is 0 Å². The van der Waals surface area contributed by atoms with Crippen molar-refractivity contribution in [2.24, 2.45) is 0 Å². The quantitative estimate of drug-likeness (QED) is 0.384. The van der Waals surface area contributed by atoms with E-state index in [0.717, 1.165) is 12.3 Å². The monoisotopic (exact) mass is 394 g/mol. The van der Waals surface area contributed by atoms with E-state index in [0.29, 0.717) is 11.1 Å². The Labute approximate surface area is 158 Å². The number of methoxy groups -OCH3 is 1. The van der Waals surface area contributed by atoms with Gasteiger partial charge in [-0.05, 0) is 42.3 Å². The van der Waals surface area contributed by atoms with Crippen molar-refractivity contribution in [3.05, 3.63) is 62.2 Å². The van der Waals surface area contributed by atoms with Crippen molar-refractivity contribution >= 4 is 16.7 Å². The van der Waals surface area contributed by atoms with Crippen LogP contribution in [-0.2, 0) is 19.9 Å². The van der Waals surface area contributed by atoms with E-state index in [4.69, 9.17) is 4.74 Å². The van der Waals surface area contributed by atoms with Crippen LogP contribution in [0.5, 0.6) is 5.75 Å². The van der Waals surface area contributed by atoms with Crippen LogP contribution in [0.1, 0.15) is 25.8 Å². The lowest BCUT2D eigenvalue weighted by atomic mass is 9.76. The minimum atomic E-state index is -2.42. The summed E-state index contributed by atoms with van der Waals surface area (Å²) in [7, 11) is 1.52. The third-order valence-electron chi connectivity index (χ3n) is 4.37. The summed E-state index contributed by atoms with van der Waals surface area (Å²) in [5, 5.41) is 30.2. The number of ether oxygens (including phenoxy) is 1. The second-order valence-corrected chi connectivity index (χ2v) is 6.51. The maximum atomic E-state index is 12.0. The van der Waals surface area contributed by atoms with Crippen LogP contribution < -0.4 is 4.74 Å². The Morgan fingerprint density at radius 3 is 2.07 bits per heavy atom. The fourth-order valence-corrected chi connectivity index (χ4v) is 3.03. The van der Waals surface area contributed by atoms with Crippen molar-refractivity contribution in [3.63, 3.8) is 0 Å². The molecule has 0 amide bonds. The molecule has 0 saturated carbocycles. The van der Waals surface area contributed by atoms with Gasteiger partial charge in [0.25, 0.3) is 16.0 Å². The lowest BCUT2D eigenvalue weighted by Crippen LogP contribution is -2.46. The van der Waals surface area contributed by atoms with Crippen molar-refractivity contribution in [3.8, 4) is 5.75 Å². The average molecular weight is 394 g/mol. The predicted molar refractivity (Wildman–Crippen MR) is 94.7 cm³/mol. The zero-order chi connectivity index (χ0) is 21.1. The first-order valence-electron chi connectivity index (χ1n) is 7.98. The van der Waals surface area contributed by atoms with Crippen molar-refractivity contribution in [1.82, 2.24) is 0 Å². The van der Waals surface area contributed by atoms with E-state index in [1.165, 1.54) is 20.1 Å². The van der Waals surface area contributed by atoms with E-state index in [2.05, 4.69) is 9.68 Å². The highest BCUT2D eigenvalue weighted by Gasteiger charge is 2.47. The number of fused-ring (bicyclic) bond motifs is 1. The van der Waals surface area contributed by atoms with E-state index in [1.807, 2.05) is 0 Å².